The zero-order valence-electron chi connectivity index (χ0n) is 15.9. The van der Waals surface area contributed by atoms with Crippen molar-refractivity contribution in [2.45, 2.75) is 38.3 Å². The first-order chi connectivity index (χ1) is 13.8. The number of hydrogen-bond donors (Lipinski definition) is 3. The number of aromatic amines is 1. The number of rotatable bonds is 4. The molecular formula is C19H21N5O5. The van der Waals surface area contributed by atoms with Crippen LogP contribution in [0.4, 0.5) is 0 Å². The number of aromatic nitrogens is 5. The van der Waals surface area contributed by atoms with E-state index in [2.05, 4.69) is 15.3 Å². The average molecular weight is 399 g/mol. The van der Waals surface area contributed by atoms with Gasteiger partial charge in [0.05, 0.1) is 12.8 Å². The smallest absolute Gasteiger partial charge is 0.330 e. The van der Waals surface area contributed by atoms with E-state index in [9.17, 15) is 19.8 Å². The number of nitrogens with zero attached hydrogens (tertiary/aromatic N) is 4. The molecule has 10 nitrogen and oxygen atoms in total. The normalized spacial score (nSPS) is 24.1. The predicted octanol–water partition coefficient (Wildman–Crippen LogP) is 0.0370. The summed E-state index contributed by atoms with van der Waals surface area (Å²) in [6, 6.07) is 7.68. The van der Waals surface area contributed by atoms with Crippen LogP contribution in [0.15, 0.2) is 46.2 Å². The number of aryl methyl sites for hydroxylation is 2. The average Bonchev–Trinajstić information content (AvgIpc) is 3.31. The SMILES string of the molecule is Cc1ccc(-c2cn([C@]3(CO)O[C@@H](n4cc(C)c(=O)[nH]c4=O)C[C@@H]3O)nn2)cc1. The number of hydrogen-bond acceptors (Lipinski definition) is 7. The second kappa shape index (κ2) is 7.07. The molecule has 152 valence electrons. The molecule has 1 aromatic carbocycles. The standard InChI is InChI=1S/C19H21N5O5/c1-11-3-5-13(6-4-11)14-9-24(22-21-14)19(10-25)15(26)7-16(29-19)23-8-12(2)17(27)20-18(23)28/h3-6,8-9,15-16,25-26H,7,10H2,1-2H3,(H,20,27,28)/t15-,16+,19+/m0/s1. The maximum Gasteiger partial charge on any atom is 0.330 e. The van der Waals surface area contributed by atoms with E-state index in [1.807, 2.05) is 31.2 Å². The van der Waals surface area contributed by atoms with Crippen molar-refractivity contribution in [1.82, 2.24) is 24.5 Å². The molecule has 0 saturated carbocycles. The van der Waals surface area contributed by atoms with E-state index in [1.165, 1.54) is 15.4 Å². The number of ether oxygens (including phenoxy) is 1. The Balaban J connectivity index is 1.69. The largest absolute Gasteiger partial charge is 0.391 e. The van der Waals surface area contributed by atoms with Gasteiger partial charge in [0.2, 0.25) is 5.72 Å². The molecule has 3 heterocycles. The van der Waals surface area contributed by atoms with Gasteiger partial charge in [-0.15, -0.1) is 5.10 Å². The molecule has 3 aromatic rings. The van der Waals surface area contributed by atoms with Crippen LogP contribution in [-0.4, -0.2) is 47.5 Å². The van der Waals surface area contributed by atoms with E-state index in [-0.39, 0.29) is 6.42 Å². The minimum absolute atomic E-state index is 0.0195. The maximum absolute atomic E-state index is 12.2. The zero-order chi connectivity index (χ0) is 20.8. The molecule has 4 rings (SSSR count). The summed E-state index contributed by atoms with van der Waals surface area (Å²) in [5.74, 6) is 0. The molecule has 0 aliphatic carbocycles. The Morgan fingerprint density at radius 2 is 1.97 bits per heavy atom. The Labute approximate surface area is 165 Å². The predicted molar refractivity (Wildman–Crippen MR) is 102 cm³/mol. The molecule has 29 heavy (non-hydrogen) atoms. The Morgan fingerprint density at radius 3 is 2.66 bits per heavy atom. The number of H-pyrrole nitrogens is 1. The van der Waals surface area contributed by atoms with Crippen LogP contribution >= 0.6 is 0 Å². The van der Waals surface area contributed by atoms with E-state index < -0.39 is 35.9 Å². The van der Waals surface area contributed by atoms with Gasteiger partial charge in [-0.05, 0) is 13.8 Å². The number of aliphatic hydroxyl groups is 2. The highest BCUT2D eigenvalue weighted by atomic mass is 16.6. The molecule has 1 aliphatic rings. The highest BCUT2D eigenvalue weighted by Gasteiger charge is 2.51. The lowest BCUT2D eigenvalue weighted by Crippen LogP contribution is -2.46. The summed E-state index contributed by atoms with van der Waals surface area (Å²) in [5, 5.41) is 28.9. The van der Waals surface area contributed by atoms with Gasteiger partial charge in [0, 0.05) is 23.7 Å². The maximum atomic E-state index is 12.2. The van der Waals surface area contributed by atoms with E-state index in [0.29, 0.717) is 11.3 Å². The molecule has 0 bridgehead atoms. The molecule has 3 atom stereocenters. The van der Waals surface area contributed by atoms with Crippen molar-refractivity contribution < 1.29 is 14.9 Å². The molecule has 2 aromatic heterocycles. The zero-order valence-corrected chi connectivity index (χ0v) is 15.9. The van der Waals surface area contributed by atoms with Gasteiger partial charge in [-0.2, -0.15) is 0 Å². The molecule has 0 radical (unpaired) electrons. The summed E-state index contributed by atoms with van der Waals surface area (Å²) in [5.41, 5.74) is 0.0475. The molecule has 0 spiro atoms. The fourth-order valence-electron chi connectivity index (χ4n) is 3.43. The van der Waals surface area contributed by atoms with Crippen molar-refractivity contribution in [3.63, 3.8) is 0 Å². The topological polar surface area (TPSA) is 135 Å². The van der Waals surface area contributed by atoms with Crippen LogP contribution in [-0.2, 0) is 10.5 Å². The lowest BCUT2D eigenvalue weighted by Gasteiger charge is -2.29. The van der Waals surface area contributed by atoms with Crippen molar-refractivity contribution >= 4 is 0 Å². The summed E-state index contributed by atoms with van der Waals surface area (Å²) < 4.78 is 8.39. The Bertz CT molecular complexity index is 1150. The Hall–Kier alpha value is -3.08. The third-order valence-corrected chi connectivity index (χ3v) is 5.20. The van der Waals surface area contributed by atoms with Gasteiger partial charge in [0.15, 0.2) is 0 Å². The van der Waals surface area contributed by atoms with Crippen LogP contribution in [0.25, 0.3) is 11.3 Å². The summed E-state index contributed by atoms with van der Waals surface area (Å²) in [7, 11) is 0. The van der Waals surface area contributed by atoms with Crippen LogP contribution in [0.3, 0.4) is 0 Å². The summed E-state index contributed by atoms with van der Waals surface area (Å²) in [6.07, 6.45) is 0.904. The van der Waals surface area contributed by atoms with Crippen molar-refractivity contribution in [3.05, 3.63) is 68.6 Å². The summed E-state index contributed by atoms with van der Waals surface area (Å²) in [4.78, 5) is 26.0. The van der Waals surface area contributed by atoms with Crippen molar-refractivity contribution in [2.24, 2.45) is 0 Å². The quantitative estimate of drug-likeness (QED) is 0.563. The van der Waals surface area contributed by atoms with Crippen LogP contribution in [0.1, 0.15) is 23.8 Å². The first-order valence-corrected chi connectivity index (χ1v) is 9.13. The molecule has 1 saturated heterocycles. The van der Waals surface area contributed by atoms with E-state index in [0.717, 1.165) is 11.1 Å². The van der Waals surface area contributed by atoms with Crippen LogP contribution in [0, 0.1) is 13.8 Å². The number of nitrogens with one attached hydrogen (secondary N) is 1. The third kappa shape index (κ3) is 3.20. The van der Waals surface area contributed by atoms with Gasteiger partial charge < -0.3 is 14.9 Å². The molecule has 10 heteroatoms. The first-order valence-electron chi connectivity index (χ1n) is 9.13. The fourth-order valence-corrected chi connectivity index (χ4v) is 3.43. The Morgan fingerprint density at radius 1 is 1.24 bits per heavy atom. The highest BCUT2D eigenvalue weighted by molar-refractivity contribution is 5.57. The molecular weight excluding hydrogens is 378 g/mol. The van der Waals surface area contributed by atoms with Crippen LogP contribution in [0.2, 0.25) is 0 Å². The van der Waals surface area contributed by atoms with E-state index in [4.69, 9.17) is 4.74 Å². The highest BCUT2D eigenvalue weighted by Crippen LogP contribution is 2.39. The third-order valence-electron chi connectivity index (χ3n) is 5.20. The lowest BCUT2D eigenvalue weighted by molar-refractivity contribution is -0.187. The van der Waals surface area contributed by atoms with Crippen LogP contribution in [0.5, 0.6) is 0 Å². The second-order valence-corrected chi connectivity index (χ2v) is 7.22. The molecule has 3 N–H and O–H groups in total. The number of benzene rings is 1. The minimum Gasteiger partial charge on any atom is -0.391 e. The second-order valence-electron chi connectivity index (χ2n) is 7.22. The first kappa shape index (κ1) is 19.2. The number of aliphatic hydroxyl groups excluding tert-OH is 2. The Kier molecular flexibility index (Phi) is 4.69. The van der Waals surface area contributed by atoms with Gasteiger partial charge in [-0.25, -0.2) is 9.48 Å². The minimum atomic E-state index is -1.61. The van der Waals surface area contributed by atoms with Crippen molar-refractivity contribution in [2.75, 3.05) is 6.61 Å². The molecule has 0 amide bonds. The van der Waals surface area contributed by atoms with E-state index in [1.54, 1.807) is 13.1 Å². The molecule has 0 unspecified atom stereocenters. The molecule has 1 fully saturated rings. The summed E-state index contributed by atoms with van der Waals surface area (Å²) >= 11 is 0. The van der Waals surface area contributed by atoms with Gasteiger partial charge in [-0.3, -0.25) is 14.3 Å². The molecule has 1 aliphatic heterocycles. The van der Waals surface area contributed by atoms with Gasteiger partial charge in [0.25, 0.3) is 5.56 Å². The van der Waals surface area contributed by atoms with Crippen LogP contribution < -0.4 is 11.2 Å². The van der Waals surface area contributed by atoms with E-state index >= 15 is 0 Å². The van der Waals surface area contributed by atoms with Gasteiger partial charge in [-0.1, -0.05) is 35.0 Å². The van der Waals surface area contributed by atoms with Gasteiger partial charge in [0.1, 0.15) is 18.0 Å². The van der Waals surface area contributed by atoms with Crippen molar-refractivity contribution in [3.8, 4) is 11.3 Å². The lowest BCUT2D eigenvalue weighted by atomic mass is 10.1. The summed E-state index contributed by atoms with van der Waals surface area (Å²) in [6.45, 7) is 2.95. The van der Waals surface area contributed by atoms with Gasteiger partial charge >= 0.3 is 5.69 Å². The van der Waals surface area contributed by atoms with Crippen molar-refractivity contribution in [1.29, 1.82) is 0 Å². The monoisotopic (exact) mass is 399 g/mol. The fraction of sp³-hybridized carbons (Fsp3) is 0.368.